The molecular weight excluding hydrogens is 464 g/mol. The quantitative estimate of drug-likeness (QED) is 0.249. The number of ether oxygens (including phenoxy) is 3. The van der Waals surface area contributed by atoms with E-state index in [0.717, 1.165) is 0 Å². The summed E-state index contributed by atoms with van der Waals surface area (Å²) in [7, 11) is 0. The van der Waals surface area contributed by atoms with Gasteiger partial charge in [0.25, 0.3) is 5.91 Å². The topological polar surface area (TPSA) is 159 Å². The average molecular weight is 489 g/mol. The second kappa shape index (κ2) is 10.6. The van der Waals surface area contributed by atoms with Gasteiger partial charge in [-0.25, -0.2) is 4.79 Å². The average Bonchev–Trinajstić information content (AvgIpc) is 2.74. The van der Waals surface area contributed by atoms with Gasteiger partial charge in [0.05, 0.1) is 35.0 Å². The molecule has 1 heterocycles. The fourth-order valence-electron chi connectivity index (χ4n) is 3.03. The molecular formula is C23H25ClN4O6. The van der Waals surface area contributed by atoms with E-state index < -0.39 is 17.7 Å². The van der Waals surface area contributed by atoms with Crippen LogP contribution in [0.1, 0.15) is 30.6 Å². The zero-order valence-corrected chi connectivity index (χ0v) is 19.4. The number of rotatable bonds is 10. The first-order valence-electron chi connectivity index (χ1n) is 10.3. The number of primary amides is 2. The first-order valence-corrected chi connectivity index (χ1v) is 10.7. The molecule has 180 valence electrons. The molecule has 0 saturated carbocycles. The first kappa shape index (κ1) is 25.0. The van der Waals surface area contributed by atoms with Crippen molar-refractivity contribution in [2.24, 2.45) is 11.5 Å². The van der Waals surface area contributed by atoms with Crippen LogP contribution < -0.4 is 26.3 Å². The Labute approximate surface area is 200 Å². The van der Waals surface area contributed by atoms with Crippen LogP contribution in [0.15, 0.2) is 42.6 Å². The maximum absolute atomic E-state index is 12.1. The number of pyridine rings is 1. The van der Waals surface area contributed by atoms with Crippen LogP contribution in [0.4, 0.5) is 10.5 Å². The fourth-order valence-corrected chi connectivity index (χ4v) is 3.25. The number of benzene rings is 2. The highest BCUT2D eigenvalue weighted by molar-refractivity contribution is 6.33. The van der Waals surface area contributed by atoms with Crippen molar-refractivity contribution >= 4 is 40.1 Å². The van der Waals surface area contributed by atoms with Crippen LogP contribution in [0.5, 0.6) is 17.2 Å². The van der Waals surface area contributed by atoms with E-state index in [2.05, 4.69) is 10.3 Å². The Morgan fingerprint density at radius 1 is 1.12 bits per heavy atom. The minimum absolute atomic E-state index is 0.160. The molecule has 34 heavy (non-hydrogen) atoms. The standard InChI is InChI=1S/C23H25ClN4O6/c1-23(2,31)33-9-3-8-32-20-12-18-14(11-15(20)21(25)29)19(6-7-27-18)34-13-4-5-17(16(24)10-13)28-22(26)30/h4-7,10-12,31H,3,8-9H2,1-2H3,(H2,25,29)(H3,26,28,30). The Morgan fingerprint density at radius 2 is 1.88 bits per heavy atom. The van der Waals surface area contributed by atoms with E-state index in [1.54, 1.807) is 36.5 Å². The smallest absolute Gasteiger partial charge is 0.316 e. The number of fused-ring (bicyclic) bond motifs is 1. The van der Waals surface area contributed by atoms with Crippen molar-refractivity contribution in [3.05, 3.63) is 53.2 Å². The van der Waals surface area contributed by atoms with Crippen molar-refractivity contribution in [1.82, 2.24) is 4.98 Å². The lowest BCUT2D eigenvalue weighted by Crippen LogP contribution is -2.24. The van der Waals surface area contributed by atoms with Gasteiger partial charge in [0.15, 0.2) is 5.79 Å². The highest BCUT2D eigenvalue weighted by atomic mass is 35.5. The van der Waals surface area contributed by atoms with Crippen molar-refractivity contribution in [2.75, 3.05) is 18.5 Å². The molecule has 0 radical (unpaired) electrons. The molecule has 0 aliphatic heterocycles. The van der Waals surface area contributed by atoms with E-state index in [-0.39, 0.29) is 29.5 Å². The van der Waals surface area contributed by atoms with Gasteiger partial charge in [0, 0.05) is 30.1 Å². The van der Waals surface area contributed by atoms with Gasteiger partial charge in [-0.15, -0.1) is 0 Å². The summed E-state index contributed by atoms with van der Waals surface area (Å²) in [5.41, 5.74) is 11.7. The summed E-state index contributed by atoms with van der Waals surface area (Å²) >= 11 is 6.18. The Balaban J connectivity index is 1.83. The zero-order chi connectivity index (χ0) is 24.9. The van der Waals surface area contributed by atoms with Gasteiger partial charge in [-0.05, 0) is 38.1 Å². The molecule has 2 aromatic carbocycles. The van der Waals surface area contributed by atoms with Crippen molar-refractivity contribution < 1.29 is 28.9 Å². The summed E-state index contributed by atoms with van der Waals surface area (Å²) in [4.78, 5) is 27.5. The molecule has 0 unspecified atom stereocenters. The summed E-state index contributed by atoms with van der Waals surface area (Å²) in [5.74, 6) is -0.836. The molecule has 0 aliphatic carbocycles. The number of anilines is 1. The van der Waals surface area contributed by atoms with Crippen molar-refractivity contribution in [2.45, 2.75) is 26.1 Å². The summed E-state index contributed by atoms with van der Waals surface area (Å²) in [5, 5.41) is 12.8. The van der Waals surface area contributed by atoms with E-state index in [1.165, 1.54) is 19.9 Å². The third-order valence-corrected chi connectivity index (χ3v) is 4.81. The highest BCUT2D eigenvalue weighted by Crippen LogP contribution is 2.35. The molecule has 3 aromatic rings. The van der Waals surface area contributed by atoms with Crippen LogP contribution in [0.2, 0.25) is 5.02 Å². The number of hydrogen-bond acceptors (Lipinski definition) is 7. The van der Waals surface area contributed by atoms with Gasteiger partial charge in [0.1, 0.15) is 17.2 Å². The lowest BCUT2D eigenvalue weighted by Gasteiger charge is -2.18. The van der Waals surface area contributed by atoms with Crippen LogP contribution in [0.3, 0.4) is 0 Å². The van der Waals surface area contributed by atoms with Crippen LogP contribution in [-0.4, -0.2) is 41.0 Å². The number of urea groups is 1. The molecule has 3 amide bonds. The fraction of sp³-hybridized carbons (Fsp3) is 0.261. The lowest BCUT2D eigenvalue weighted by atomic mass is 10.1. The number of nitrogens with zero attached hydrogens (tertiary/aromatic N) is 1. The van der Waals surface area contributed by atoms with Crippen LogP contribution >= 0.6 is 11.6 Å². The number of aromatic nitrogens is 1. The molecule has 11 heteroatoms. The second-order valence-corrected chi connectivity index (χ2v) is 8.18. The molecule has 0 aliphatic rings. The van der Waals surface area contributed by atoms with Gasteiger partial charge >= 0.3 is 6.03 Å². The van der Waals surface area contributed by atoms with Crippen molar-refractivity contribution in [3.8, 4) is 17.2 Å². The highest BCUT2D eigenvalue weighted by Gasteiger charge is 2.16. The number of nitrogens with two attached hydrogens (primary N) is 2. The number of nitrogens with one attached hydrogen (secondary N) is 1. The Kier molecular flexibility index (Phi) is 7.77. The zero-order valence-electron chi connectivity index (χ0n) is 18.6. The molecule has 0 saturated heterocycles. The molecule has 0 bridgehead atoms. The number of halogens is 1. The number of carbonyl (C=O) groups is 2. The largest absolute Gasteiger partial charge is 0.493 e. The van der Waals surface area contributed by atoms with E-state index in [4.69, 9.17) is 37.3 Å². The van der Waals surface area contributed by atoms with Gasteiger partial charge in [0.2, 0.25) is 0 Å². The Hall–Kier alpha value is -3.60. The van der Waals surface area contributed by atoms with E-state index in [1.807, 2.05) is 0 Å². The molecule has 3 rings (SSSR count). The van der Waals surface area contributed by atoms with Crippen molar-refractivity contribution in [3.63, 3.8) is 0 Å². The predicted octanol–water partition coefficient (Wildman–Crippen LogP) is 3.78. The monoisotopic (exact) mass is 488 g/mol. The third-order valence-electron chi connectivity index (χ3n) is 4.50. The maximum atomic E-state index is 12.1. The molecule has 0 fully saturated rings. The number of carbonyl (C=O) groups excluding carboxylic acids is 2. The van der Waals surface area contributed by atoms with Crippen LogP contribution in [0, 0.1) is 0 Å². The SMILES string of the molecule is CC(C)(O)OCCCOc1cc2nccc(Oc3ccc(NC(N)=O)c(Cl)c3)c2cc1C(N)=O. The predicted molar refractivity (Wildman–Crippen MR) is 127 cm³/mol. The normalized spacial score (nSPS) is 11.3. The van der Waals surface area contributed by atoms with E-state index in [9.17, 15) is 14.7 Å². The van der Waals surface area contributed by atoms with Gasteiger partial charge < -0.3 is 36.1 Å². The minimum atomic E-state index is -1.23. The third kappa shape index (κ3) is 6.70. The van der Waals surface area contributed by atoms with Crippen LogP contribution in [-0.2, 0) is 4.74 Å². The summed E-state index contributed by atoms with van der Waals surface area (Å²) < 4.78 is 16.9. The molecule has 6 N–H and O–H groups in total. The second-order valence-electron chi connectivity index (χ2n) is 7.77. The maximum Gasteiger partial charge on any atom is 0.316 e. The molecule has 0 spiro atoms. The van der Waals surface area contributed by atoms with E-state index >= 15 is 0 Å². The summed E-state index contributed by atoms with van der Waals surface area (Å²) in [6.45, 7) is 3.58. The Morgan fingerprint density at radius 3 is 2.53 bits per heavy atom. The van der Waals surface area contributed by atoms with E-state index in [0.29, 0.717) is 34.5 Å². The van der Waals surface area contributed by atoms with Crippen molar-refractivity contribution in [1.29, 1.82) is 0 Å². The molecule has 1 aromatic heterocycles. The number of amides is 3. The van der Waals surface area contributed by atoms with Gasteiger partial charge in [-0.1, -0.05) is 11.6 Å². The summed E-state index contributed by atoms with van der Waals surface area (Å²) in [6, 6.07) is 8.71. The summed E-state index contributed by atoms with van der Waals surface area (Å²) in [6.07, 6.45) is 2.03. The molecule has 10 nitrogen and oxygen atoms in total. The van der Waals surface area contributed by atoms with Crippen LogP contribution in [0.25, 0.3) is 10.9 Å². The number of hydrogen-bond donors (Lipinski definition) is 4. The molecule has 0 atom stereocenters. The van der Waals surface area contributed by atoms with Gasteiger partial charge in [-0.2, -0.15) is 0 Å². The first-order chi connectivity index (χ1) is 16.0. The Bertz CT molecular complexity index is 1210. The number of aliphatic hydroxyl groups is 1. The van der Waals surface area contributed by atoms with Gasteiger partial charge in [-0.3, -0.25) is 9.78 Å². The minimum Gasteiger partial charge on any atom is -0.493 e. The lowest BCUT2D eigenvalue weighted by molar-refractivity contribution is -0.176.